The molecule has 2 aromatic rings. The summed E-state index contributed by atoms with van der Waals surface area (Å²) >= 11 is 5.03. The number of rotatable bonds is 7. The maximum absolute atomic E-state index is 10.0. The molecule has 19 heavy (non-hydrogen) atoms. The molecule has 0 aliphatic rings. The first-order valence-electron chi connectivity index (χ1n) is 6.01. The molecule has 0 radical (unpaired) electrons. The van der Waals surface area contributed by atoms with Crippen molar-refractivity contribution in [2.45, 2.75) is 19.1 Å². The minimum Gasteiger partial charge on any atom is -0.388 e. The molecule has 1 unspecified atom stereocenters. The molecule has 104 valence electrons. The van der Waals surface area contributed by atoms with E-state index in [-0.39, 0.29) is 0 Å². The molecule has 0 spiro atoms. The van der Waals surface area contributed by atoms with Crippen molar-refractivity contribution in [3.63, 3.8) is 0 Å². The summed E-state index contributed by atoms with van der Waals surface area (Å²) in [5, 5.41) is 18.5. The second kappa shape index (κ2) is 6.85. The quantitative estimate of drug-likeness (QED) is 0.824. The van der Waals surface area contributed by atoms with Gasteiger partial charge in [-0.15, -0.1) is 22.7 Å². The van der Waals surface area contributed by atoms with E-state index < -0.39 is 5.60 Å². The summed E-state index contributed by atoms with van der Waals surface area (Å²) in [6.45, 7) is 3.14. The van der Waals surface area contributed by atoms with E-state index in [0.29, 0.717) is 13.1 Å². The average molecular weight is 315 g/mol. The van der Waals surface area contributed by atoms with Crippen LogP contribution in [0.2, 0.25) is 0 Å². The Morgan fingerprint density at radius 2 is 2.32 bits per heavy atom. The number of thiophene rings is 1. The van der Waals surface area contributed by atoms with Crippen molar-refractivity contribution in [2.24, 2.45) is 0 Å². The van der Waals surface area contributed by atoms with Crippen LogP contribution in [0, 0.1) is 0 Å². The Balaban J connectivity index is 1.84. The fourth-order valence-electron chi connectivity index (χ4n) is 1.72. The molecule has 0 bridgehead atoms. The van der Waals surface area contributed by atoms with Gasteiger partial charge < -0.3 is 10.4 Å². The predicted octanol–water partition coefficient (Wildman–Crippen LogP) is 3.08. The van der Waals surface area contributed by atoms with Crippen molar-refractivity contribution in [2.75, 3.05) is 18.6 Å². The molecule has 0 amide bonds. The smallest absolute Gasteiger partial charge is 0.133 e. The number of nitrogens with one attached hydrogen (secondary N) is 1. The van der Waals surface area contributed by atoms with Crippen LogP contribution in [-0.2, 0) is 6.54 Å². The summed E-state index contributed by atoms with van der Waals surface area (Å²) in [7, 11) is 0. The van der Waals surface area contributed by atoms with Gasteiger partial charge in [-0.05, 0) is 24.6 Å². The van der Waals surface area contributed by atoms with Crippen molar-refractivity contribution < 1.29 is 5.11 Å². The van der Waals surface area contributed by atoms with Gasteiger partial charge in [0.2, 0.25) is 0 Å². The minimum absolute atomic E-state index is 0.583. The van der Waals surface area contributed by atoms with Gasteiger partial charge in [-0.3, -0.25) is 0 Å². The normalized spacial score (nSPS) is 14.5. The standard InChI is InChI=1S/C13H18N2OS3/c1-13(16,9-17-2)8-14-6-10-7-19-12(15-10)11-4-3-5-18-11/h3-5,7,14,16H,6,8-9H2,1-2H3. The lowest BCUT2D eigenvalue weighted by atomic mass is 10.1. The SMILES string of the molecule is CSCC(C)(O)CNCc1csc(-c2cccs2)n1. The van der Waals surface area contributed by atoms with Gasteiger partial charge in [-0.1, -0.05) is 6.07 Å². The number of hydrogen-bond donors (Lipinski definition) is 2. The van der Waals surface area contributed by atoms with Crippen molar-refractivity contribution in [3.8, 4) is 9.88 Å². The summed E-state index contributed by atoms with van der Waals surface area (Å²) in [5.41, 5.74) is 0.375. The van der Waals surface area contributed by atoms with Gasteiger partial charge in [0.05, 0.1) is 16.2 Å². The van der Waals surface area contributed by atoms with Gasteiger partial charge in [-0.2, -0.15) is 11.8 Å². The lowest BCUT2D eigenvalue weighted by molar-refractivity contribution is 0.0845. The highest BCUT2D eigenvalue weighted by Gasteiger charge is 2.18. The van der Waals surface area contributed by atoms with E-state index in [9.17, 15) is 5.11 Å². The van der Waals surface area contributed by atoms with Gasteiger partial charge in [0.15, 0.2) is 0 Å². The summed E-state index contributed by atoms with van der Waals surface area (Å²) in [4.78, 5) is 5.81. The number of hydrogen-bond acceptors (Lipinski definition) is 6. The van der Waals surface area contributed by atoms with Crippen LogP contribution < -0.4 is 5.32 Å². The van der Waals surface area contributed by atoms with Gasteiger partial charge in [0.25, 0.3) is 0 Å². The molecule has 3 nitrogen and oxygen atoms in total. The summed E-state index contributed by atoms with van der Waals surface area (Å²) < 4.78 is 0. The Labute approximate surface area is 126 Å². The molecule has 0 aliphatic heterocycles. The van der Waals surface area contributed by atoms with Gasteiger partial charge in [-0.25, -0.2) is 4.98 Å². The molecule has 0 aliphatic carbocycles. The van der Waals surface area contributed by atoms with Crippen LogP contribution in [0.3, 0.4) is 0 Å². The lowest BCUT2D eigenvalue weighted by Gasteiger charge is -2.22. The number of thioether (sulfide) groups is 1. The van der Waals surface area contributed by atoms with Gasteiger partial charge in [0.1, 0.15) is 5.01 Å². The monoisotopic (exact) mass is 314 g/mol. The third-order valence-corrected chi connectivity index (χ3v) is 5.39. The first kappa shape index (κ1) is 15.0. The Morgan fingerprint density at radius 3 is 3.00 bits per heavy atom. The van der Waals surface area contributed by atoms with Crippen LogP contribution in [-0.4, -0.2) is 34.2 Å². The van der Waals surface area contributed by atoms with Gasteiger partial charge >= 0.3 is 0 Å². The number of thiazole rings is 1. The maximum atomic E-state index is 10.0. The third kappa shape index (κ3) is 4.57. The zero-order chi connectivity index (χ0) is 13.7. The van der Waals surface area contributed by atoms with Crippen LogP contribution >= 0.6 is 34.4 Å². The fraction of sp³-hybridized carbons (Fsp3) is 0.462. The molecule has 2 heterocycles. The first-order chi connectivity index (χ1) is 9.11. The molecule has 0 fully saturated rings. The molecule has 1 atom stereocenters. The Morgan fingerprint density at radius 1 is 1.47 bits per heavy atom. The van der Waals surface area contributed by atoms with E-state index in [4.69, 9.17) is 0 Å². The highest BCUT2D eigenvalue weighted by atomic mass is 32.2. The molecule has 0 aromatic carbocycles. The molecule has 2 N–H and O–H groups in total. The van der Waals surface area contributed by atoms with E-state index in [1.165, 1.54) is 4.88 Å². The molecule has 0 saturated heterocycles. The first-order valence-corrected chi connectivity index (χ1v) is 9.16. The lowest BCUT2D eigenvalue weighted by Crippen LogP contribution is -2.39. The van der Waals surface area contributed by atoms with Crippen molar-refractivity contribution in [1.82, 2.24) is 10.3 Å². The highest BCUT2D eigenvalue weighted by molar-refractivity contribution is 7.98. The highest BCUT2D eigenvalue weighted by Crippen LogP contribution is 2.27. The third-order valence-electron chi connectivity index (χ3n) is 2.55. The van der Waals surface area contributed by atoms with Crippen molar-refractivity contribution in [1.29, 1.82) is 0 Å². The van der Waals surface area contributed by atoms with Crippen LogP contribution in [0.25, 0.3) is 9.88 Å². The zero-order valence-corrected chi connectivity index (χ0v) is 13.5. The van der Waals surface area contributed by atoms with Crippen LogP contribution in [0.1, 0.15) is 12.6 Å². The Bertz CT molecular complexity index is 494. The van der Waals surface area contributed by atoms with Crippen molar-refractivity contribution >= 4 is 34.4 Å². The zero-order valence-electron chi connectivity index (χ0n) is 11.0. The van der Waals surface area contributed by atoms with Crippen LogP contribution in [0.15, 0.2) is 22.9 Å². The van der Waals surface area contributed by atoms with Crippen LogP contribution in [0.4, 0.5) is 0 Å². The second-order valence-electron chi connectivity index (χ2n) is 4.65. The summed E-state index contributed by atoms with van der Waals surface area (Å²) in [6.07, 6.45) is 2.00. The molecule has 2 aromatic heterocycles. The van der Waals surface area contributed by atoms with E-state index in [1.54, 1.807) is 34.4 Å². The van der Waals surface area contributed by atoms with Crippen molar-refractivity contribution in [3.05, 3.63) is 28.6 Å². The van der Waals surface area contributed by atoms with E-state index in [2.05, 4.69) is 27.1 Å². The minimum atomic E-state index is -0.661. The van der Waals surface area contributed by atoms with E-state index >= 15 is 0 Å². The number of nitrogens with zero attached hydrogens (tertiary/aromatic N) is 1. The predicted molar refractivity (Wildman–Crippen MR) is 86.1 cm³/mol. The molecular formula is C13H18N2OS3. The van der Waals surface area contributed by atoms with E-state index in [0.717, 1.165) is 16.5 Å². The van der Waals surface area contributed by atoms with Crippen LogP contribution in [0.5, 0.6) is 0 Å². The number of aliphatic hydroxyl groups is 1. The molecular weight excluding hydrogens is 296 g/mol. The van der Waals surface area contributed by atoms with Gasteiger partial charge in [0, 0.05) is 24.2 Å². The summed E-state index contributed by atoms with van der Waals surface area (Å²) in [6, 6.07) is 4.13. The molecule has 6 heteroatoms. The topological polar surface area (TPSA) is 45.1 Å². The summed E-state index contributed by atoms with van der Waals surface area (Å²) in [5.74, 6) is 0.734. The molecule has 0 saturated carbocycles. The Kier molecular flexibility index (Phi) is 5.41. The number of aromatic nitrogens is 1. The average Bonchev–Trinajstić information content (AvgIpc) is 2.98. The largest absolute Gasteiger partial charge is 0.388 e. The maximum Gasteiger partial charge on any atom is 0.133 e. The van der Waals surface area contributed by atoms with E-state index in [1.807, 2.05) is 19.2 Å². The Hall–Kier alpha value is -0.400. The molecule has 2 rings (SSSR count). The second-order valence-corrected chi connectivity index (χ2v) is 7.33. The fourth-order valence-corrected chi connectivity index (χ4v) is 4.08.